The van der Waals surface area contributed by atoms with Crippen molar-refractivity contribution in [3.8, 4) is 11.5 Å². The van der Waals surface area contributed by atoms with Crippen LogP contribution in [0, 0.1) is 6.92 Å². The Bertz CT molecular complexity index is 1020. The van der Waals surface area contributed by atoms with Crippen LogP contribution in [0.25, 0.3) is 0 Å². The van der Waals surface area contributed by atoms with Crippen LogP contribution >= 0.6 is 0 Å². The molecular weight excluding hydrogens is 372 g/mol. The van der Waals surface area contributed by atoms with Crippen LogP contribution < -0.4 is 4.18 Å². The maximum Gasteiger partial charge on any atom is 0.313 e. The van der Waals surface area contributed by atoms with Gasteiger partial charge in [-0.05, 0) is 61.1 Å². The number of hydrogen-bond acceptors (Lipinski definition) is 4. The molecule has 0 atom stereocenters. The van der Waals surface area contributed by atoms with Crippen LogP contribution in [0.4, 0.5) is 0 Å². The number of phenols is 1. The Hall–Kier alpha value is -2.79. The van der Waals surface area contributed by atoms with Crippen LogP contribution in [-0.4, -0.2) is 13.5 Å². The highest BCUT2D eigenvalue weighted by atomic mass is 32.2. The summed E-state index contributed by atoms with van der Waals surface area (Å²) in [6.45, 7) is 1.93. The van der Waals surface area contributed by atoms with Crippen LogP contribution in [0.2, 0.25) is 0 Å². The molecule has 5 heteroatoms. The van der Waals surface area contributed by atoms with Crippen molar-refractivity contribution in [2.24, 2.45) is 0 Å². The number of benzene rings is 3. The van der Waals surface area contributed by atoms with Gasteiger partial charge in [-0.25, -0.2) is 0 Å². The smallest absolute Gasteiger partial charge is 0.313 e. The molecule has 146 valence electrons. The second kappa shape index (κ2) is 8.93. The lowest BCUT2D eigenvalue weighted by Gasteiger charge is -2.09. The van der Waals surface area contributed by atoms with Crippen molar-refractivity contribution >= 4 is 10.1 Å². The molecule has 3 aromatic rings. The number of rotatable bonds is 8. The fourth-order valence-electron chi connectivity index (χ4n) is 3.10. The number of aromatic hydroxyl groups is 1. The molecule has 0 aliphatic heterocycles. The van der Waals surface area contributed by atoms with Crippen molar-refractivity contribution in [2.45, 2.75) is 31.9 Å². The molecule has 4 nitrogen and oxygen atoms in total. The lowest BCUT2D eigenvalue weighted by atomic mass is 10.0. The van der Waals surface area contributed by atoms with Gasteiger partial charge in [0.05, 0.1) is 0 Å². The van der Waals surface area contributed by atoms with Crippen LogP contribution in [0.15, 0.2) is 72.8 Å². The van der Waals surface area contributed by atoms with E-state index in [1.165, 1.54) is 0 Å². The molecule has 0 radical (unpaired) electrons. The molecule has 3 aromatic carbocycles. The Kier molecular flexibility index (Phi) is 6.37. The fraction of sp³-hybridized carbons (Fsp3) is 0.217. The van der Waals surface area contributed by atoms with Gasteiger partial charge in [-0.3, -0.25) is 0 Å². The molecule has 0 amide bonds. The minimum atomic E-state index is -3.70. The minimum Gasteiger partial charge on any atom is -0.508 e. The van der Waals surface area contributed by atoms with E-state index < -0.39 is 10.1 Å². The molecule has 0 heterocycles. The molecule has 1 N–H and O–H groups in total. The van der Waals surface area contributed by atoms with Crippen LogP contribution in [0.5, 0.6) is 11.5 Å². The predicted octanol–water partition coefficient (Wildman–Crippen LogP) is 4.78. The first-order chi connectivity index (χ1) is 13.4. The van der Waals surface area contributed by atoms with E-state index in [0.717, 1.165) is 36.0 Å². The van der Waals surface area contributed by atoms with E-state index in [2.05, 4.69) is 0 Å². The molecule has 0 fully saturated rings. The molecule has 0 unspecified atom stereocenters. The van der Waals surface area contributed by atoms with Crippen molar-refractivity contribution in [3.63, 3.8) is 0 Å². The Balaban J connectivity index is 1.54. The third kappa shape index (κ3) is 5.86. The van der Waals surface area contributed by atoms with Gasteiger partial charge in [0.1, 0.15) is 17.3 Å². The van der Waals surface area contributed by atoms with Crippen molar-refractivity contribution in [1.82, 2.24) is 0 Å². The first-order valence-electron chi connectivity index (χ1n) is 9.25. The maximum atomic E-state index is 12.3. The summed E-state index contributed by atoms with van der Waals surface area (Å²) in [5.74, 6) is 0.485. The lowest BCUT2D eigenvalue weighted by Crippen LogP contribution is -2.12. The lowest BCUT2D eigenvalue weighted by molar-refractivity contribution is 0.467. The standard InChI is InChI=1S/C23H24O4S/c1-18-6-4-8-20(16-18)17-28(25,26)27-22-14-12-19(13-15-22)7-5-10-21-9-2-3-11-23(21)24/h2-4,6,8-9,11-16,24H,5,7,10,17H2,1H3. The van der Waals surface area contributed by atoms with Gasteiger partial charge in [0.15, 0.2) is 0 Å². The van der Waals surface area contributed by atoms with Crippen LogP contribution in [0.3, 0.4) is 0 Å². The van der Waals surface area contributed by atoms with Gasteiger partial charge in [-0.1, -0.05) is 60.2 Å². The Morgan fingerprint density at radius 2 is 1.61 bits per heavy atom. The highest BCUT2D eigenvalue weighted by Gasteiger charge is 2.14. The van der Waals surface area contributed by atoms with E-state index in [1.807, 2.05) is 55.5 Å². The minimum absolute atomic E-state index is 0.156. The second-order valence-corrected chi connectivity index (χ2v) is 8.47. The van der Waals surface area contributed by atoms with Crippen molar-refractivity contribution in [2.75, 3.05) is 0 Å². The molecule has 3 rings (SSSR count). The first kappa shape index (κ1) is 20.0. The molecule has 0 bridgehead atoms. The van der Waals surface area contributed by atoms with E-state index in [1.54, 1.807) is 24.3 Å². The van der Waals surface area contributed by atoms with E-state index in [9.17, 15) is 13.5 Å². The zero-order chi connectivity index (χ0) is 20.0. The van der Waals surface area contributed by atoms with E-state index in [-0.39, 0.29) is 5.75 Å². The van der Waals surface area contributed by atoms with Gasteiger partial charge in [-0.15, -0.1) is 0 Å². The second-order valence-electron chi connectivity index (χ2n) is 6.90. The molecule has 28 heavy (non-hydrogen) atoms. The summed E-state index contributed by atoms with van der Waals surface area (Å²) in [5.41, 5.74) is 3.75. The molecule has 0 saturated heterocycles. The molecule has 0 saturated carbocycles. The molecule has 0 aliphatic carbocycles. The normalized spacial score (nSPS) is 11.3. The molecule has 0 spiro atoms. The molecular formula is C23H24O4S. The third-order valence-electron chi connectivity index (χ3n) is 4.48. The number of phenolic OH excluding ortho intramolecular Hbond substituents is 1. The monoisotopic (exact) mass is 396 g/mol. The Morgan fingerprint density at radius 1 is 0.857 bits per heavy atom. The van der Waals surface area contributed by atoms with E-state index in [0.29, 0.717) is 17.1 Å². The first-order valence-corrected chi connectivity index (χ1v) is 10.8. The summed E-state index contributed by atoms with van der Waals surface area (Å²) in [4.78, 5) is 0. The summed E-state index contributed by atoms with van der Waals surface area (Å²) >= 11 is 0. The summed E-state index contributed by atoms with van der Waals surface area (Å²) in [6.07, 6.45) is 2.52. The molecule has 0 aliphatic rings. The summed E-state index contributed by atoms with van der Waals surface area (Å²) in [5, 5.41) is 9.80. The third-order valence-corrected chi connectivity index (χ3v) is 5.61. The van der Waals surface area contributed by atoms with Gasteiger partial charge in [0, 0.05) is 0 Å². The average molecular weight is 397 g/mol. The largest absolute Gasteiger partial charge is 0.508 e. The molecule has 0 aromatic heterocycles. The summed E-state index contributed by atoms with van der Waals surface area (Å²) < 4.78 is 29.8. The maximum absolute atomic E-state index is 12.3. The van der Waals surface area contributed by atoms with Gasteiger partial charge >= 0.3 is 10.1 Å². The Morgan fingerprint density at radius 3 is 2.32 bits per heavy atom. The zero-order valence-electron chi connectivity index (χ0n) is 15.8. The van der Waals surface area contributed by atoms with Gasteiger partial charge < -0.3 is 9.29 Å². The summed E-state index contributed by atoms with van der Waals surface area (Å²) in [7, 11) is -3.70. The van der Waals surface area contributed by atoms with Crippen LogP contribution in [-0.2, 0) is 28.7 Å². The quantitative estimate of drug-likeness (QED) is 0.556. The SMILES string of the molecule is Cc1cccc(CS(=O)(=O)Oc2ccc(CCCc3ccccc3O)cc2)c1. The summed E-state index contributed by atoms with van der Waals surface area (Å²) in [6, 6.07) is 21.8. The van der Waals surface area contributed by atoms with Crippen molar-refractivity contribution in [3.05, 3.63) is 95.1 Å². The highest BCUT2D eigenvalue weighted by Crippen LogP contribution is 2.20. The zero-order valence-corrected chi connectivity index (χ0v) is 16.7. The number of aryl methyl sites for hydroxylation is 3. The fourth-order valence-corrected chi connectivity index (χ4v) is 4.15. The van der Waals surface area contributed by atoms with Crippen LogP contribution in [0.1, 0.15) is 28.7 Å². The number of hydrogen-bond donors (Lipinski definition) is 1. The van der Waals surface area contributed by atoms with Crippen molar-refractivity contribution < 1.29 is 17.7 Å². The van der Waals surface area contributed by atoms with Crippen molar-refractivity contribution in [1.29, 1.82) is 0 Å². The van der Waals surface area contributed by atoms with E-state index in [4.69, 9.17) is 4.18 Å². The van der Waals surface area contributed by atoms with Gasteiger partial charge in [0.25, 0.3) is 0 Å². The average Bonchev–Trinajstić information content (AvgIpc) is 2.64. The number of para-hydroxylation sites is 1. The van der Waals surface area contributed by atoms with Gasteiger partial charge in [-0.2, -0.15) is 8.42 Å². The Labute approximate surface area is 166 Å². The van der Waals surface area contributed by atoms with E-state index >= 15 is 0 Å². The highest BCUT2D eigenvalue weighted by molar-refractivity contribution is 7.86. The predicted molar refractivity (Wildman–Crippen MR) is 111 cm³/mol. The topological polar surface area (TPSA) is 63.6 Å². The van der Waals surface area contributed by atoms with Gasteiger partial charge in [0.2, 0.25) is 0 Å².